The standard InChI is InChI=1S/C19H23NO/c1-14-3-6-17(7-4-14)15(2)20-11-9-16-5-8-19-18(13-16)10-12-21-19/h3-8,13,15,20H,9-12H2,1-2H3/t15-/m0/s1. The molecule has 2 heteroatoms. The number of fused-ring (bicyclic) bond motifs is 1. The maximum atomic E-state index is 5.55. The van der Waals surface area contributed by atoms with Crippen LogP contribution >= 0.6 is 0 Å². The van der Waals surface area contributed by atoms with Gasteiger partial charge in [0, 0.05) is 12.5 Å². The average Bonchev–Trinajstić information content (AvgIpc) is 2.95. The third kappa shape index (κ3) is 3.45. The molecule has 21 heavy (non-hydrogen) atoms. The van der Waals surface area contributed by atoms with Gasteiger partial charge in [0.05, 0.1) is 6.61 Å². The highest BCUT2D eigenvalue weighted by molar-refractivity contribution is 5.39. The fourth-order valence-corrected chi connectivity index (χ4v) is 2.80. The Balaban J connectivity index is 1.52. The van der Waals surface area contributed by atoms with Gasteiger partial charge in [0.2, 0.25) is 0 Å². The average molecular weight is 281 g/mol. The maximum Gasteiger partial charge on any atom is 0.122 e. The Labute approximate surface area is 127 Å². The minimum atomic E-state index is 0.392. The van der Waals surface area contributed by atoms with Crippen LogP contribution in [0.15, 0.2) is 42.5 Å². The van der Waals surface area contributed by atoms with Gasteiger partial charge in [-0.3, -0.25) is 0 Å². The van der Waals surface area contributed by atoms with Crippen molar-refractivity contribution in [2.24, 2.45) is 0 Å². The molecule has 2 aromatic rings. The van der Waals surface area contributed by atoms with E-state index < -0.39 is 0 Å². The monoisotopic (exact) mass is 281 g/mol. The van der Waals surface area contributed by atoms with Crippen LogP contribution in [0, 0.1) is 6.92 Å². The van der Waals surface area contributed by atoms with Crippen molar-refractivity contribution >= 4 is 0 Å². The molecular formula is C19H23NO. The number of hydrogen-bond donors (Lipinski definition) is 1. The van der Waals surface area contributed by atoms with Gasteiger partial charge in [-0.15, -0.1) is 0 Å². The highest BCUT2D eigenvalue weighted by Crippen LogP contribution is 2.26. The van der Waals surface area contributed by atoms with E-state index in [1.165, 1.54) is 22.3 Å². The highest BCUT2D eigenvalue weighted by Gasteiger charge is 2.12. The molecule has 0 aliphatic carbocycles. The van der Waals surface area contributed by atoms with Crippen molar-refractivity contribution in [1.82, 2.24) is 5.32 Å². The van der Waals surface area contributed by atoms with Gasteiger partial charge in [0.25, 0.3) is 0 Å². The summed E-state index contributed by atoms with van der Waals surface area (Å²) in [5.74, 6) is 1.07. The van der Waals surface area contributed by atoms with E-state index >= 15 is 0 Å². The Morgan fingerprint density at radius 2 is 1.95 bits per heavy atom. The van der Waals surface area contributed by atoms with E-state index in [-0.39, 0.29) is 0 Å². The molecule has 0 saturated heterocycles. The van der Waals surface area contributed by atoms with Gasteiger partial charge in [-0.05, 0) is 49.6 Å². The highest BCUT2D eigenvalue weighted by atomic mass is 16.5. The van der Waals surface area contributed by atoms with E-state index in [1.807, 2.05) is 0 Å². The zero-order valence-electron chi connectivity index (χ0n) is 12.9. The second-order valence-electron chi connectivity index (χ2n) is 5.88. The fraction of sp³-hybridized carbons (Fsp3) is 0.368. The smallest absolute Gasteiger partial charge is 0.122 e. The Hall–Kier alpha value is -1.80. The van der Waals surface area contributed by atoms with Gasteiger partial charge in [0.15, 0.2) is 0 Å². The molecule has 0 unspecified atom stereocenters. The molecule has 0 fully saturated rings. The summed E-state index contributed by atoms with van der Waals surface area (Å²) in [5, 5.41) is 3.60. The van der Waals surface area contributed by atoms with E-state index in [9.17, 15) is 0 Å². The minimum Gasteiger partial charge on any atom is -0.493 e. The molecule has 1 aliphatic heterocycles. The van der Waals surface area contributed by atoms with Crippen molar-refractivity contribution < 1.29 is 4.74 Å². The summed E-state index contributed by atoms with van der Waals surface area (Å²) < 4.78 is 5.55. The number of aryl methyl sites for hydroxylation is 1. The zero-order chi connectivity index (χ0) is 14.7. The first kappa shape index (κ1) is 14.2. The predicted molar refractivity (Wildman–Crippen MR) is 86.9 cm³/mol. The summed E-state index contributed by atoms with van der Waals surface area (Å²) in [6.45, 7) is 6.18. The van der Waals surface area contributed by atoms with Crippen LogP contribution in [0.1, 0.15) is 35.2 Å². The Morgan fingerprint density at radius 3 is 2.76 bits per heavy atom. The predicted octanol–water partition coefficient (Wildman–Crippen LogP) is 3.82. The molecule has 110 valence electrons. The Bertz CT molecular complexity index is 603. The first-order valence-corrected chi connectivity index (χ1v) is 7.77. The molecule has 1 aliphatic rings. The van der Waals surface area contributed by atoms with Crippen LogP contribution in [0.2, 0.25) is 0 Å². The molecular weight excluding hydrogens is 258 g/mol. The molecule has 2 nitrogen and oxygen atoms in total. The molecule has 1 heterocycles. The Kier molecular flexibility index (Phi) is 4.26. The lowest BCUT2D eigenvalue weighted by Gasteiger charge is -2.14. The lowest BCUT2D eigenvalue weighted by Crippen LogP contribution is -2.21. The molecule has 0 spiro atoms. The van der Waals surface area contributed by atoms with Crippen molar-refractivity contribution in [1.29, 1.82) is 0 Å². The third-order valence-electron chi connectivity index (χ3n) is 4.20. The lowest BCUT2D eigenvalue weighted by atomic mass is 10.0. The van der Waals surface area contributed by atoms with Crippen LogP contribution < -0.4 is 10.1 Å². The summed E-state index contributed by atoms with van der Waals surface area (Å²) in [7, 11) is 0. The summed E-state index contributed by atoms with van der Waals surface area (Å²) in [6.07, 6.45) is 2.11. The van der Waals surface area contributed by atoms with Crippen LogP contribution in [0.5, 0.6) is 5.75 Å². The molecule has 0 bridgehead atoms. The van der Waals surface area contributed by atoms with Crippen LogP contribution in [0.4, 0.5) is 0 Å². The molecule has 0 saturated carbocycles. The van der Waals surface area contributed by atoms with Crippen LogP contribution in [0.3, 0.4) is 0 Å². The zero-order valence-corrected chi connectivity index (χ0v) is 12.9. The molecule has 1 N–H and O–H groups in total. The minimum absolute atomic E-state index is 0.392. The van der Waals surface area contributed by atoms with Gasteiger partial charge < -0.3 is 10.1 Å². The van der Waals surface area contributed by atoms with Crippen molar-refractivity contribution in [3.8, 4) is 5.75 Å². The quantitative estimate of drug-likeness (QED) is 0.899. The second kappa shape index (κ2) is 6.31. The molecule has 3 rings (SSSR count). The van der Waals surface area contributed by atoms with E-state index in [0.717, 1.165) is 31.7 Å². The second-order valence-corrected chi connectivity index (χ2v) is 5.88. The third-order valence-corrected chi connectivity index (χ3v) is 4.20. The number of hydrogen-bond acceptors (Lipinski definition) is 2. The van der Waals surface area contributed by atoms with Crippen molar-refractivity contribution in [3.05, 3.63) is 64.7 Å². The normalized spacial score (nSPS) is 14.6. The summed E-state index contributed by atoms with van der Waals surface area (Å²) in [6, 6.07) is 15.7. The molecule has 0 radical (unpaired) electrons. The number of ether oxygens (including phenoxy) is 1. The van der Waals surface area contributed by atoms with Gasteiger partial charge in [-0.25, -0.2) is 0 Å². The summed E-state index contributed by atoms with van der Waals surface area (Å²) >= 11 is 0. The molecule has 0 aromatic heterocycles. The first-order valence-electron chi connectivity index (χ1n) is 7.77. The van der Waals surface area contributed by atoms with Gasteiger partial charge in [0.1, 0.15) is 5.75 Å². The largest absolute Gasteiger partial charge is 0.493 e. The number of rotatable bonds is 5. The van der Waals surface area contributed by atoms with Crippen LogP contribution in [-0.2, 0) is 12.8 Å². The van der Waals surface area contributed by atoms with Crippen molar-refractivity contribution in [3.63, 3.8) is 0 Å². The van der Waals surface area contributed by atoms with Crippen molar-refractivity contribution in [2.75, 3.05) is 13.2 Å². The molecule has 2 aromatic carbocycles. The lowest BCUT2D eigenvalue weighted by molar-refractivity contribution is 0.357. The topological polar surface area (TPSA) is 21.3 Å². The van der Waals surface area contributed by atoms with E-state index in [1.54, 1.807) is 0 Å². The van der Waals surface area contributed by atoms with E-state index in [4.69, 9.17) is 4.74 Å². The summed E-state index contributed by atoms with van der Waals surface area (Å²) in [5.41, 5.74) is 5.41. The van der Waals surface area contributed by atoms with Gasteiger partial charge in [-0.2, -0.15) is 0 Å². The van der Waals surface area contributed by atoms with E-state index in [0.29, 0.717) is 6.04 Å². The summed E-state index contributed by atoms with van der Waals surface area (Å²) in [4.78, 5) is 0. The first-order chi connectivity index (χ1) is 10.2. The molecule has 1 atom stereocenters. The van der Waals surface area contributed by atoms with Gasteiger partial charge in [-0.1, -0.05) is 42.0 Å². The fourth-order valence-electron chi connectivity index (χ4n) is 2.80. The van der Waals surface area contributed by atoms with Crippen LogP contribution in [-0.4, -0.2) is 13.2 Å². The van der Waals surface area contributed by atoms with Gasteiger partial charge >= 0.3 is 0 Å². The van der Waals surface area contributed by atoms with Crippen LogP contribution in [0.25, 0.3) is 0 Å². The molecule has 0 amide bonds. The number of nitrogens with one attached hydrogen (secondary N) is 1. The maximum absolute atomic E-state index is 5.55. The SMILES string of the molecule is Cc1ccc([C@H](C)NCCc2ccc3c(c2)CCO3)cc1. The number of benzene rings is 2. The Morgan fingerprint density at radius 1 is 1.14 bits per heavy atom. The van der Waals surface area contributed by atoms with Crippen molar-refractivity contribution in [2.45, 2.75) is 32.7 Å². The van der Waals surface area contributed by atoms with E-state index in [2.05, 4.69) is 61.6 Å².